The average molecular weight is 441 g/mol. The van der Waals surface area contributed by atoms with E-state index >= 15 is 0 Å². The van der Waals surface area contributed by atoms with E-state index in [2.05, 4.69) is 39.7 Å². The minimum Gasteiger partial charge on any atom is -0.478 e. The number of carboxylic acid groups (broad SMARTS) is 2. The fourth-order valence-corrected chi connectivity index (χ4v) is 3.43. The van der Waals surface area contributed by atoms with E-state index in [9.17, 15) is 14.4 Å². The highest BCUT2D eigenvalue weighted by atomic mass is 16.4. The highest BCUT2D eigenvalue weighted by Gasteiger charge is 2.25. The lowest BCUT2D eigenvalue weighted by atomic mass is 9.91. The molecule has 1 aliphatic carbocycles. The Hall–Kier alpha value is -3.99. The molecule has 1 atom stereocenters. The summed E-state index contributed by atoms with van der Waals surface area (Å²) < 4.78 is 5.99. The number of fused-ring (bicyclic) bond motifs is 3. The first-order valence-corrected chi connectivity index (χ1v) is 9.77. The molecule has 0 fully saturated rings. The number of benzene rings is 1. The number of carbonyl (C=O) groups excluding carboxylic acids is 1. The van der Waals surface area contributed by atoms with Gasteiger partial charge in [-0.1, -0.05) is 5.21 Å². The van der Waals surface area contributed by atoms with Crippen molar-refractivity contribution in [1.29, 1.82) is 0 Å². The first-order valence-electron chi connectivity index (χ1n) is 9.77. The minimum atomic E-state index is -1.26. The monoisotopic (exact) mass is 441 g/mol. The Bertz CT molecular complexity index is 1130. The van der Waals surface area contributed by atoms with E-state index in [1.807, 2.05) is 18.2 Å². The number of furan rings is 1. The number of hydrogen-bond donors (Lipinski definition) is 4. The molecule has 4 N–H and O–H groups in total. The van der Waals surface area contributed by atoms with Gasteiger partial charge in [0.05, 0.1) is 6.20 Å². The lowest BCUT2D eigenvalue weighted by Gasteiger charge is -2.27. The van der Waals surface area contributed by atoms with Crippen molar-refractivity contribution in [2.45, 2.75) is 25.3 Å². The van der Waals surface area contributed by atoms with E-state index in [1.165, 1.54) is 11.8 Å². The normalized spacial score (nSPS) is 15.3. The van der Waals surface area contributed by atoms with Gasteiger partial charge in [0.2, 0.25) is 0 Å². The first kappa shape index (κ1) is 22.7. The van der Waals surface area contributed by atoms with Gasteiger partial charge in [-0.3, -0.25) is 9.89 Å². The summed E-state index contributed by atoms with van der Waals surface area (Å²) in [4.78, 5) is 33.5. The predicted molar refractivity (Wildman–Crippen MR) is 114 cm³/mol. The molecular formula is C21H23N5O6. The van der Waals surface area contributed by atoms with Gasteiger partial charge in [-0.05, 0) is 45.1 Å². The van der Waals surface area contributed by atoms with Crippen molar-refractivity contribution in [3.63, 3.8) is 0 Å². The highest BCUT2D eigenvalue weighted by molar-refractivity contribution is 6.03. The number of anilines is 1. The molecule has 0 saturated heterocycles. The van der Waals surface area contributed by atoms with Gasteiger partial charge in [-0.15, -0.1) is 5.10 Å². The van der Waals surface area contributed by atoms with Crippen LogP contribution in [0.3, 0.4) is 0 Å². The maximum atomic E-state index is 12.1. The van der Waals surface area contributed by atoms with E-state index in [1.54, 1.807) is 0 Å². The van der Waals surface area contributed by atoms with E-state index in [-0.39, 0.29) is 11.6 Å². The van der Waals surface area contributed by atoms with Crippen molar-refractivity contribution in [2.75, 3.05) is 19.4 Å². The predicted octanol–water partition coefficient (Wildman–Crippen LogP) is 1.93. The molecule has 0 radical (unpaired) electrons. The van der Waals surface area contributed by atoms with Crippen LogP contribution in [0.5, 0.6) is 0 Å². The Balaban J connectivity index is 0.000000312. The maximum Gasteiger partial charge on any atom is 0.328 e. The van der Waals surface area contributed by atoms with Gasteiger partial charge in [0.15, 0.2) is 5.69 Å². The van der Waals surface area contributed by atoms with Crippen molar-refractivity contribution in [2.24, 2.45) is 0 Å². The molecule has 4 rings (SSSR count). The maximum absolute atomic E-state index is 12.1. The second-order valence-electron chi connectivity index (χ2n) is 7.40. The third-order valence-corrected chi connectivity index (χ3v) is 5.02. The van der Waals surface area contributed by atoms with Crippen LogP contribution in [0.15, 0.2) is 41.0 Å². The number of aromatic nitrogens is 3. The second kappa shape index (κ2) is 9.88. The Morgan fingerprint density at radius 3 is 2.53 bits per heavy atom. The molecule has 2 aromatic heterocycles. The second-order valence-corrected chi connectivity index (χ2v) is 7.40. The summed E-state index contributed by atoms with van der Waals surface area (Å²) in [5.41, 5.74) is 3.12. The van der Waals surface area contributed by atoms with Crippen molar-refractivity contribution in [3.05, 3.63) is 53.6 Å². The third kappa shape index (κ3) is 5.58. The van der Waals surface area contributed by atoms with Crippen LogP contribution in [-0.2, 0) is 22.4 Å². The standard InChI is InChI=1S/C17H19N5O2.C4H4O4/c1-22(2)11-4-6-16-13(8-11)12-7-10(3-5-15(12)24-16)19-17(23)14-9-18-21-20-14;5-3(6)1-2-4(7)8/h3,5,7,9,11H,4,6,8H2,1-2H3,(H,19,23)(H,18,20,21);1-2H,(H,5,6)(H,7,8). The van der Waals surface area contributed by atoms with Crippen LogP contribution in [0.2, 0.25) is 0 Å². The van der Waals surface area contributed by atoms with E-state index < -0.39 is 11.9 Å². The summed E-state index contributed by atoms with van der Waals surface area (Å²) in [6.07, 6.45) is 5.61. The molecule has 1 unspecified atom stereocenters. The summed E-state index contributed by atoms with van der Waals surface area (Å²) in [6, 6.07) is 6.26. The third-order valence-electron chi connectivity index (χ3n) is 5.02. The molecule has 0 aliphatic heterocycles. The number of carboxylic acids is 2. The zero-order valence-corrected chi connectivity index (χ0v) is 17.5. The molecule has 32 heavy (non-hydrogen) atoms. The lowest BCUT2D eigenvalue weighted by molar-refractivity contribution is -0.134. The number of hydrogen-bond acceptors (Lipinski definition) is 7. The quantitative estimate of drug-likeness (QED) is 0.433. The van der Waals surface area contributed by atoms with Crippen molar-refractivity contribution >= 4 is 34.5 Å². The Kier molecular flexibility index (Phi) is 7.00. The molecule has 168 valence electrons. The van der Waals surface area contributed by atoms with Crippen LogP contribution in [0.1, 0.15) is 28.2 Å². The van der Waals surface area contributed by atoms with Gasteiger partial charge in [-0.2, -0.15) is 0 Å². The molecule has 0 bridgehead atoms. The fraction of sp³-hybridized carbons (Fsp3) is 0.286. The Labute approximate surface area is 182 Å². The van der Waals surface area contributed by atoms with E-state index in [4.69, 9.17) is 14.6 Å². The van der Waals surface area contributed by atoms with E-state index in [0.717, 1.165) is 41.7 Å². The van der Waals surface area contributed by atoms with Crippen molar-refractivity contribution in [3.8, 4) is 0 Å². The smallest absolute Gasteiger partial charge is 0.328 e. The topological polar surface area (TPSA) is 162 Å². The molecule has 1 amide bonds. The van der Waals surface area contributed by atoms with E-state index in [0.29, 0.717) is 18.2 Å². The average Bonchev–Trinajstić information content (AvgIpc) is 3.40. The number of nitrogens with zero attached hydrogens (tertiary/aromatic N) is 3. The van der Waals surface area contributed by atoms with Gasteiger partial charge in [0, 0.05) is 41.3 Å². The molecule has 11 heteroatoms. The van der Waals surface area contributed by atoms with Crippen LogP contribution in [0.4, 0.5) is 5.69 Å². The summed E-state index contributed by atoms with van der Waals surface area (Å²) in [7, 11) is 4.23. The molecule has 0 saturated carbocycles. The molecule has 1 aromatic carbocycles. The summed E-state index contributed by atoms with van der Waals surface area (Å²) in [6.45, 7) is 0. The number of nitrogens with one attached hydrogen (secondary N) is 2. The van der Waals surface area contributed by atoms with Gasteiger partial charge < -0.3 is 24.8 Å². The molecule has 0 spiro atoms. The molecular weight excluding hydrogens is 418 g/mol. The number of carbonyl (C=O) groups is 3. The zero-order valence-electron chi connectivity index (χ0n) is 17.5. The number of H-pyrrole nitrogens is 1. The number of aromatic amines is 1. The summed E-state index contributed by atoms with van der Waals surface area (Å²) >= 11 is 0. The number of amides is 1. The number of rotatable bonds is 5. The van der Waals surface area contributed by atoms with Crippen LogP contribution in [0.25, 0.3) is 11.0 Å². The largest absolute Gasteiger partial charge is 0.478 e. The van der Waals surface area contributed by atoms with Gasteiger partial charge >= 0.3 is 11.9 Å². The molecule has 3 aromatic rings. The lowest BCUT2D eigenvalue weighted by Crippen LogP contribution is -2.33. The van der Waals surface area contributed by atoms with Gasteiger partial charge in [0.25, 0.3) is 5.91 Å². The number of aryl methyl sites for hydroxylation is 1. The summed E-state index contributed by atoms with van der Waals surface area (Å²) in [5.74, 6) is -1.73. The SMILES string of the molecule is CN(C)C1CCc2oc3ccc(NC(=O)c4c[nH]nn4)cc3c2C1.O=C(O)C=CC(=O)O. The van der Waals surface area contributed by atoms with Crippen LogP contribution >= 0.6 is 0 Å². The molecule has 11 nitrogen and oxygen atoms in total. The number of aliphatic carboxylic acids is 2. The first-order chi connectivity index (χ1) is 15.2. The van der Waals surface area contributed by atoms with Gasteiger partial charge in [-0.25, -0.2) is 9.59 Å². The zero-order chi connectivity index (χ0) is 23.3. The number of likely N-dealkylation sites (N-methyl/N-ethyl adjacent to an activating group) is 1. The minimum absolute atomic E-state index is 0.261. The highest BCUT2D eigenvalue weighted by Crippen LogP contribution is 2.34. The molecule has 2 heterocycles. The van der Waals surface area contributed by atoms with Crippen LogP contribution in [-0.4, -0.2) is 68.5 Å². The Morgan fingerprint density at radius 2 is 1.94 bits per heavy atom. The van der Waals surface area contributed by atoms with Crippen LogP contribution < -0.4 is 5.32 Å². The molecule has 1 aliphatic rings. The van der Waals surface area contributed by atoms with Crippen LogP contribution in [0, 0.1) is 0 Å². The summed E-state index contributed by atoms with van der Waals surface area (Å²) in [5, 5.41) is 29.4. The van der Waals surface area contributed by atoms with Crippen molar-refractivity contribution < 1.29 is 29.0 Å². The van der Waals surface area contributed by atoms with Crippen molar-refractivity contribution in [1.82, 2.24) is 20.3 Å². The Morgan fingerprint density at radius 1 is 1.22 bits per heavy atom. The van der Waals surface area contributed by atoms with Gasteiger partial charge in [0.1, 0.15) is 11.3 Å². The fourth-order valence-electron chi connectivity index (χ4n) is 3.43.